The number of benzene rings is 4. The summed E-state index contributed by atoms with van der Waals surface area (Å²) in [5.41, 5.74) is 2.97. The number of nitrogens with one attached hydrogen (secondary N) is 2. The Bertz CT molecular complexity index is 1310. The van der Waals surface area contributed by atoms with E-state index in [-0.39, 0.29) is 6.54 Å². The fourth-order valence-corrected chi connectivity index (χ4v) is 3.32. The molecule has 36 heavy (non-hydrogen) atoms. The number of esters is 1. The highest BCUT2D eigenvalue weighted by molar-refractivity contribution is 5.97. The van der Waals surface area contributed by atoms with Crippen molar-refractivity contribution in [2.45, 2.75) is 0 Å². The van der Waals surface area contributed by atoms with Gasteiger partial charge < -0.3 is 20.1 Å². The molecule has 0 saturated carbocycles. The summed E-state index contributed by atoms with van der Waals surface area (Å²) >= 11 is 0. The predicted octanol–water partition coefficient (Wildman–Crippen LogP) is 5.06. The minimum atomic E-state index is -0.717. The Kier molecular flexibility index (Phi) is 8.07. The maximum Gasteiger partial charge on any atom is 0.325 e. The van der Waals surface area contributed by atoms with E-state index in [1.807, 2.05) is 72.8 Å². The van der Waals surface area contributed by atoms with Crippen molar-refractivity contribution in [3.05, 3.63) is 115 Å². The van der Waals surface area contributed by atoms with E-state index in [9.17, 15) is 14.4 Å². The van der Waals surface area contributed by atoms with Gasteiger partial charge in [0.15, 0.2) is 6.61 Å². The summed E-state index contributed by atoms with van der Waals surface area (Å²) in [5.74, 6) is -0.295. The molecule has 2 amide bonds. The lowest BCUT2D eigenvalue weighted by Gasteiger charge is -2.09. The van der Waals surface area contributed by atoms with Crippen molar-refractivity contribution < 1.29 is 23.9 Å². The molecule has 0 spiro atoms. The smallest absolute Gasteiger partial charge is 0.325 e. The zero-order chi connectivity index (χ0) is 25.2. The molecule has 180 valence electrons. The van der Waals surface area contributed by atoms with Gasteiger partial charge in [-0.2, -0.15) is 0 Å². The largest absolute Gasteiger partial charge is 0.457 e. The number of carbonyl (C=O) groups is 3. The molecule has 2 N–H and O–H groups in total. The van der Waals surface area contributed by atoms with E-state index in [0.717, 1.165) is 11.1 Å². The van der Waals surface area contributed by atoms with E-state index in [1.165, 1.54) is 0 Å². The molecule has 0 atom stereocenters. The molecular formula is C29H24N2O5. The summed E-state index contributed by atoms with van der Waals surface area (Å²) in [7, 11) is 0. The lowest BCUT2D eigenvalue weighted by Crippen LogP contribution is -2.32. The van der Waals surface area contributed by atoms with Gasteiger partial charge in [0.1, 0.15) is 18.0 Å². The Morgan fingerprint density at radius 1 is 0.639 bits per heavy atom. The maximum absolute atomic E-state index is 12.3. The molecule has 4 aromatic carbocycles. The molecule has 0 bridgehead atoms. The fraction of sp³-hybridized carbons (Fsp3) is 0.0690. The predicted molar refractivity (Wildman–Crippen MR) is 137 cm³/mol. The van der Waals surface area contributed by atoms with Crippen LogP contribution in [0.3, 0.4) is 0 Å². The monoisotopic (exact) mass is 480 g/mol. The first-order valence-corrected chi connectivity index (χ1v) is 11.3. The van der Waals surface area contributed by atoms with Gasteiger partial charge in [0.05, 0.1) is 0 Å². The van der Waals surface area contributed by atoms with Gasteiger partial charge in [-0.25, -0.2) is 0 Å². The van der Waals surface area contributed by atoms with Crippen molar-refractivity contribution in [1.29, 1.82) is 0 Å². The second kappa shape index (κ2) is 12.0. The number of anilines is 1. The van der Waals surface area contributed by atoms with E-state index < -0.39 is 24.4 Å². The second-order valence-electron chi connectivity index (χ2n) is 7.77. The third kappa shape index (κ3) is 7.04. The van der Waals surface area contributed by atoms with E-state index in [2.05, 4.69) is 10.6 Å². The van der Waals surface area contributed by atoms with Gasteiger partial charge in [-0.1, -0.05) is 60.7 Å². The van der Waals surface area contributed by atoms with Gasteiger partial charge in [0, 0.05) is 11.3 Å². The van der Waals surface area contributed by atoms with Crippen LogP contribution in [0.25, 0.3) is 11.1 Å². The topological polar surface area (TPSA) is 93.7 Å². The van der Waals surface area contributed by atoms with Crippen molar-refractivity contribution in [3.8, 4) is 22.6 Å². The van der Waals surface area contributed by atoms with Crippen LogP contribution < -0.4 is 15.4 Å². The quantitative estimate of drug-likeness (QED) is 0.327. The molecule has 0 fully saturated rings. The molecule has 7 nitrogen and oxygen atoms in total. The molecule has 0 heterocycles. The second-order valence-corrected chi connectivity index (χ2v) is 7.77. The van der Waals surface area contributed by atoms with Crippen molar-refractivity contribution in [1.82, 2.24) is 5.32 Å². The summed E-state index contributed by atoms with van der Waals surface area (Å²) < 4.78 is 10.7. The first-order valence-electron chi connectivity index (χ1n) is 11.3. The van der Waals surface area contributed by atoms with E-state index in [1.54, 1.807) is 36.4 Å². The van der Waals surface area contributed by atoms with Gasteiger partial charge in [-0.3, -0.25) is 14.4 Å². The summed E-state index contributed by atoms with van der Waals surface area (Å²) in [6.45, 7) is -0.819. The Labute approximate surface area is 208 Å². The highest BCUT2D eigenvalue weighted by Gasteiger charge is 2.11. The number of carbonyl (C=O) groups excluding carboxylic acids is 3. The van der Waals surface area contributed by atoms with E-state index in [0.29, 0.717) is 22.7 Å². The van der Waals surface area contributed by atoms with Gasteiger partial charge in [0.25, 0.3) is 11.8 Å². The number of ether oxygens (including phenoxy) is 2. The number of hydrogen-bond donors (Lipinski definition) is 2. The van der Waals surface area contributed by atoms with Crippen LogP contribution in [-0.4, -0.2) is 30.9 Å². The average molecular weight is 481 g/mol. The van der Waals surface area contributed by atoms with Crippen LogP contribution in [-0.2, 0) is 14.3 Å². The van der Waals surface area contributed by atoms with Crippen molar-refractivity contribution in [2.24, 2.45) is 0 Å². The molecule has 0 aliphatic heterocycles. The molecular weight excluding hydrogens is 456 g/mol. The van der Waals surface area contributed by atoms with Gasteiger partial charge in [0.2, 0.25) is 0 Å². The number of para-hydroxylation sites is 1. The van der Waals surface area contributed by atoms with Crippen molar-refractivity contribution in [3.63, 3.8) is 0 Å². The number of amides is 2. The van der Waals surface area contributed by atoms with Crippen LogP contribution in [0.2, 0.25) is 0 Å². The molecule has 0 unspecified atom stereocenters. The molecule has 0 radical (unpaired) electrons. The third-order valence-electron chi connectivity index (χ3n) is 5.13. The zero-order valence-corrected chi connectivity index (χ0v) is 19.3. The fourth-order valence-electron chi connectivity index (χ4n) is 3.32. The first-order chi connectivity index (χ1) is 17.6. The Morgan fingerprint density at radius 2 is 1.22 bits per heavy atom. The standard InChI is InChI=1S/C29H24N2O5/c32-27(31-24-15-17-26(18-16-24)36-25-9-5-2-6-10-25)20-35-28(33)19-30-29(34)23-13-11-22(12-14-23)21-7-3-1-4-8-21/h1-18H,19-20H2,(H,30,34)(H,31,32). The molecule has 7 heteroatoms. The lowest BCUT2D eigenvalue weighted by molar-refractivity contribution is -0.146. The van der Waals surface area contributed by atoms with Gasteiger partial charge in [-0.05, 0) is 59.7 Å². The molecule has 4 aromatic rings. The number of hydrogen-bond acceptors (Lipinski definition) is 5. The van der Waals surface area contributed by atoms with Gasteiger partial charge in [-0.15, -0.1) is 0 Å². The normalized spacial score (nSPS) is 10.2. The number of rotatable bonds is 9. The van der Waals surface area contributed by atoms with Gasteiger partial charge >= 0.3 is 5.97 Å². The van der Waals surface area contributed by atoms with E-state index >= 15 is 0 Å². The van der Waals surface area contributed by atoms with Crippen LogP contribution >= 0.6 is 0 Å². The zero-order valence-electron chi connectivity index (χ0n) is 19.3. The average Bonchev–Trinajstić information content (AvgIpc) is 2.93. The molecule has 0 aliphatic carbocycles. The molecule has 0 saturated heterocycles. The SMILES string of the molecule is O=C(COC(=O)CNC(=O)c1ccc(-c2ccccc2)cc1)Nc1ccc(Oc2ccccc2)cc1. The van der Waals surface area contributed by atoms with Crippen LogP contribution in [0.5, 0.6) is 11.5 Å². The Hall–Kier alpha value is -4.91. The highest BCUT2D eigenvalue weighted by Crippen LogP contribution is 2.22. The first kappa shape index (κ1) is 24.2. The third-order valence-corrected chi connectivity index (χ3v) is 5.13. The minimum absolute atomic E-state index is 0.349. The summed E-state index contributed by atoms with van der Waals surface area (Å²) in [6.07, 6.45) is 0. The Morgan fingerprint density at radius 3 is 1.89 bits per heavy atom. The van der Waals surface area contributed by atoms with E-state index in [4.69, 9.17) is 9.47 Å². The molecule has 4 rings (SSSR count). The molecule has 0 aromatic heterocycles. The maximum atomic E-state index is 12.3. The summed E-state index contributed by atoms with van der Waals surface area (Å²) in [6, 6.07) is 33.0. The highest BCUT2D eigenvalue weighted by atomic mass is 16.5. The van der Waals surface area contributed by atoms with Crippen LogP contribution in [0, 0.1) is 0 Å². The lowest BCUT2D eigenvalue weighted by atomic mass is 10.0. The summed E-state index contributed by atoms with van der Waals surface area (Å²) in [5, 5.41) is 5.14. The van der Waals surface area contributed by atoms with Crippen LogP contribution in [0.15, 0.2) is 109 Å². The van der Waals surface area contributed by atoms with Crippen molar-refractivity contribution in [2.75, 3.05) is 18.5 Å². The summed E-state index contributed by atoms with van der Waals surface area (Å²) in [4.78, 5) is 36.4. The molecule has 0 aliphatic rings. The van der Waals surface area contributed by atoms with Crippen LogP contribution in [0.4, 0.5) is 5.69 Å². The van der Waals surface area contributed by atoms with Crippen LogP contribution in [0.1, 0.15) is 10.4 Å². The minimum Gasteiger partial charge on any atom is -0.457 e. The Balaban J connectivity index is 1.18. The van der Waals surface area contributed by atoms with Crippen molar-refractivity contribution >= 4 is 23.5 Å².